The summed E-state index contributed by atoms with van der Waals surface area (Å²) in [6.07, 6.45) is 0. The van der Waals surface area contributed by atoms with Crippen LogP contribution in [0.2, 0.25) is 0 Å². The fourth-order valence-electron chi connectivity index (χ4n) is 1.53. The summed E-state index contributed by atoms with van der Waals surface area (Å²) in [6, 6.07) is 6.79. The third-order valence-corrected chi connectivity index (χ3v) is 7.42. The van der Waals surface area contributed by atoms with Crippen molar-refractivity contribution in [3.63, 3.8) is 0 Å². The van der Waals surface area contributed by atoms with Gasteiger partial charge in [-0.1, -0.05) is 15.9 Å². The first-order valence-corrected chi connectivity index (χ1v) is 9.01. The van der Waals surface area contributed by atoms with Crippen LogP contribution in [-0.4, -0.2) is 15.5 Å². The van der Waals surface area contributed by atoms with Crippen LogP contribution in [0.3, 0.4) is 0 Å². The number of rotatable bonds is 3. The zero-order chi connectivity index (χ0) is 14.2. The molecule has 1 aromatic carbocycles. The average Bonchev–Trinajstić information content (AvgIpc) is 2.75. The fraction of sp³-hybridized carbons (Fsp3) is 0.0909. The molecule has 0 saturated heterocycles. The van der Waals surface area contributed by atoms with Crippen LogP contribution in [0, 0.1) is 0 Å². The van der Waals surface area contributed by atoms with E-state index in [4.69, 9.17) is 5.73 Å². The van der Waals surface area contributed by atoms with Crippen LogP contribution >= 0.6 is 43.2 Å². The van der Waals surface area contributed by atoms with Crippen molar-refractivity contribution < 1.29 is 8.42 Å². The van der Waals surface area contributed by atoms with E-state index in [9.17, 15) is 8.42 Å². The average molecular weight is 426 g/mol. The Balaban J connectivity index is 2.50. The summed E-state index contributed by atoms with van der Waals surface area (Å²) in [5.41, 5.74) is 6.71. The number of hydrogen-bond donors (Lipinski definition) is 1. The summed E-state index contributed by atoms with van der Waals surface area (Å²) in [4.78, 5) is 0. The quantitative estimate of drug-likeness (QED) is 0.762. The van der Waals surface area contributed by atoms with E-state index in [0.29, 0.717) is 15.8 Å². The first-order chi connectivity index (χ1) is 8.84. The summed E-state index contributed by atoms with van der Waals surface area (Å²) >= 11 is 7.69. The van der Waals surface area contributed by atoms with Gasteiger partial charge in [0, 0.05) is 16.0 Å². The number of halogens is 2. The molecule has 0 amide bonds. The number of nitrogens with zero attached hydrogens (tertiary/aromatic N) is 1. The summed E-state index contributed by atoms with van der Waals surface area (Å²) in [7, 11) is -2.12. The number of sulfonamides is 1. The Morgan fingerprint density at radius 2 is 1.95 bits per heavy atom. The zero-order valence-electron chi connectivity index (χ0n) is 9.80. The highest BCUT2D eigenvalue weighted by atomic mass is 79.9. The molecule has 0 bridgehead atoms. The first-order valence-electron chi connectivity index (χ1n) is 5.11. The van der Waals surface area contributed by atoms with Gasteiger partial charge < -0.3 is 5.73 Å². The van der Waals surface area contributed by atoms with Crippen molar-refractivity contribution in [1.29, 1.82) is 0 Å². The van der Waals surface area contributed by atoms with Crippen molar-refractivity contribution in [3.8, 4) is 0 Å². The maximum absolute atomic E-state index is 12.5. The van der Waals surface area contributed by atoms with Gasteiger partial charge in [-0.3, -0.25) is 4.31 Å². The highest BCUT2D eigenvalue weighted by molar-refractivity contribution is 9.10. The minimum Gasteiger partial charge on any atom is -0.397 e. The van der Waals surface area contributed by atoms with E-state index in [2.05, 4.69) is 31.9 Å². The minimum absolute atomic E-state index is 0.261. The maximum atomic E-state index is 12.5. The number of hydrogen-bond acceptors (Lipinski definition) is 4. The van der Waals surface area contributed by atoms with Crippen molar-refractivity contribution in [3.05, 3.63) is 38.6 Å². The van der Waals surface area contributed by atoms with Gasteiger partial charge in [0.05, 0.1) is 11.4 Å². The normalized spacial score (nSPS) is 11.5. The largest absolute Gasteiger partial charge is 0.397 e. The monoisotopic (exact) mass is 424 g/mol. The van der Waals surface area contributed by atoms with E-state index in [1.807, 2.05) is 0 Å². The number of anilines is 2. The van der Waals surface area contributed by atoms with Crippen molar-refractivity contribution in [2.24, 2.45) is 0 Å². The molecule has 2 N–H and O–H groups in total. The van der Waals surface area contributed by atoms with E-state index in [1.165, 1.54) is 11.4 Å². The second-order valence-electron chi connectivity index (χ2n) is 3.73. The van der Waals surface area contributed by atoms with Crippen LogP contribution in [0.25, 0.3) is 0 Å². The van der Waals surface area contributed by atoms with E-state index in [-0.39, 0.29) is 4.21 Å². The Morgan fingerprint density at radius 3 is 2.47 bits per heavy atom. The topological polar surface area (TPSA) is 63.4 Å². The molecule has 0 radical (unpaired) electrons. The van der Waals surface area contributed by atoms with Crippen LogP contribution in [0.5, 0.6) is 0 Å². The molecule has 0 spiro atoms. The van der Waals surface area contributed by atoms with Gasteiger partial charge in [-0.15, -0.1) is 11.3 Å². The lowest BCUT2D eigenvalue weighted by atomic mass is 10.3. The molecule has 1 heterocycles. The van der Waals surface area contributed by atoms with Gasteiger partial charge in [0.1, 0.15) is 0 Å². The van der Waals surface area contributed by atoms with Crippen LogP contribution in [0.1, 0.15) is 0 Å². The molecule has 0 aliphatic heterocycles. The molecular weight excluding hydrogens is 416 g/mol. The SMILES string of the molecule is CN(c1ccc(Br)cc1N)S(=O)(=O)c1sccc1Br. The molecule has 0 saturated carbocycles. The molecule has 8 heteroatoms. The highest BCUT2D eigenvalue weighted by Crippen LogP contribution is 2.34. The second kappa shape index (κ2) is 5.43. The Hall–Kier alpha value is -0.570. The van der Waals surface area contributed by atoms with E-state index < -0.39 is 10.0 Å². The van der Waals surface area contributed by atoms with Gasteiger partial charge in [0.25, 0.3) is 10.0 Å². The lowest BCUT2D eigenvalue weighted by Gasteiger charge is -2.20. The van der Waals surface area contributed by atoms with E-state index in [1.54, 1.807) is 29.6 Å². The lowest BCUT2D eigenvalue weighted by molar-refractivity contribution is 0.596. The van der Waals surface area contributed by atoms with Gasteiger partial charge >= 0.3 is 0 Å². The highest BCUT2D eigenvalue weighted by Gasteiger charge is 2.26. The van der Waals surface area contributed by atoms with Gasteiger partial charge in [-0.05, 0) is 45.6 Å². The summed E-state index contributed by atoms with van der Waals surface area (Å²) in [5, 5.41) is 1.72. The molecule has 0 atom stereocenters. The molecule has 4 nitrogen and oxygen atoms in total. The van der Waals surface area contributed by atoms with Gasteiger partial charge in [0.2, 0.25) is 0 Å². The third-order valence-electron chi connectivity index (χ3n) is 2.51. The molecule has 0 aliphatic rings. The molecule has 2 aromatic rings. The lowest BCUT2D eigenvalue weighted by Crippen LogP contribution is -2.26. The predicted octanol–water partition coefficient (Wildman–Crippen LogP) is 3.68. The van der Waals surface area contributed by atoms with Gasteiger partial charge in [-0.25, -0.2) is 8.42 Å². The van der Waals surface area contributed by atoms with Gasteiger partial charge in [0.15, 0.2) is 4.21 Å². The maximum Gasteiger partial charge on any atom is 0.274 e. The number of nitrogen functional groups attached to an aromatic ring is 1. The summed E-state index contributed by atoms with van der Waals surface area (Å²) in [6.45, 7) is 0. The van der Waals surface area contributed by atoms with Crippen molar-refractivity contribution in [1.82, 2.24) is 0 Å². The van der Waals surface area contributed by atoms with Crippen molar-refractivity contribution >= 4 is 64.6 Å². The summed E-state index contributed by atoms with van der Waals surface area (Å²) in [5.74, 6) is 0. The molecule has 0 fully saturated rings. The standard InChI is InChI=1S/C11H10Br2N2O2S2/c1-15(10-3-2-7(12)6-9(10)14)19(16,17)11-8(13)4-5-18-11/h2-6H,14H2,1H3. The number of nitrogens with two attached hydrogens (primary N) is 1. The first kappa shape index (κ1) is 14.8. The third kappa shape index (κ3) is 2.81. The number of benzene rings is 1. The molecule has 19 heavy (non-hydrogen) atoms. The van der Waals surface area contributed by atoms with Crippen LogP contribution in [-0.2, 0) is 10.0 Å². The molecule has 2 rings (SSSR count). The van der Waals surface area contributed by atoms with Crippen LogP contribution < -0.4 is 10.0 Å². The second-order valence-corrected chi connectivity index (χ2v) is 8.58. The Kier molecular flexibility index (Phi) is 4.24. The molecule has 0 unspecified atom stereocenters. The molecule has 0 aliphatic carbocycles. The zero-order valence-corrected chi connectivity index (χ0v) is 14.6. The fourth-order valence-corrected chi connectivity index (χ4v) is 5.60. The predicted molar refractivity (Wildman–Crippen MR) is 86.2 cm³/mol. The van der Waals surface area contributed by atoms with Crippen molar-refractivity contribution in [2.75, 3.05) is 17.1 Å². The Labute approximate surface area is 132 Å². The summed E-state index contributed by atoms with van der Waals surface area (Å²) < 4.78 is 27.8. The van der Waals surface area contributed by atoms with Crippen molar-refractivity contribution in [2.45, 2.75) is 4.21 Å². The van der Waals surface area contributed by atoms with Gasteiger partial charge in [-0.2, -0.15) is 0 Å². The minimum atomic E-state index is -3.61. The molecule has 1 aromatic heterocycles. The molecule has 102 valence electrons. The smallest absolute Gasteiger partial charge is 0.274 e. The van der Waals surface area contributed by atoms with E-state index in [0.717, 1.165) is 15.8 Å². The molecular formula is C11H10Br2N2O2S2. The Bertz CT molecular complexity index is 713. The Morgan fingerprint density at radius 1 is 1.26 bits per heavy atom. The van der Waals surface area contributed by atoms with Crippen LogP contribution in [0.4, 0.5) is 11.4 Å². The van der Waals surface area contributed by atoms with E-state index >= 15 is 0 Å². The van der Waals surface area contributed by atoms with Crippen LogP contribution in [0.15, 0.2) is 42.8 Å². The number of thiophene rings is 1.